The van der Waals surface area contributed by atoms with Crippen LogP contribution < -0.4 is 16.0 Å². The summed E-state index contributed by atoms with van der Waals surface area (Å²) in [7, 11) is -3.98. The van der Waals surface area contributed by atoms with Crippen molar-refractivity contribution in [2.45, 2.75) is 76.9 Å². The van der Waals surface area contributed by atoms with Crippen LogP contribution >= 0.6 is 12.4 Å². The quantitative estimate of drug-likeness (QED) is 0.190. The third kappa shape index (κ3) is 14.8. The van der Waals surface area contributed by atoms with Gasteiger partial charge in [0.15, 0.2) is 9.84 Å². The fraction of sp³-hybridized carbons (Fsp3) is 0.517. The maximum absolute atomic E-state index is 13.9. The zero-order valence-electron chi connectivity index (χ0n) is 24.4. The van der Waals surface area contributed by atoms with Gasteiger partial charge in [0.05, 0.1) is 23.7 Å². The molecule has 0 saturated heterocycles. The van der Waals surface area contributed by atoms with Crippen molar-refractivity contribution in [1.82, 2.24) is 16.0 Å². The van der Waals surface area contributed by atoms with Crippen molar-refractivity contribution in [3.8, 4) is 0 Å². The van der Waals surface area contributed by atoms with Gasteiger partial charge in [0.25, 0.3) is 0 Å². The van der Waals surface area contributed by atoms with E-state index in [1.165, 1.54) is 0 Å². The van der Waals surface area contributed by atoms with Crippen LogP contribution in [0.15, 0.2) is 42.5 Å². The van der Waals surface area contributed by atoms with Crippen LogP contribution in [0.1, 0.15) is 49.8 Å². The van der Waals surface area contributed by atoms with E-state index in [9.17, 15) is 45.1 Å². The fourth-order valence-corrected chi connectivity index (χ4v) is 5.97. The van der Waals surface area contributed by atoms with Crippen LogP contribution in [-0.2, 0) is 38.8 Å². The molecule has 2 amide bonds. The number of hydrogen-bond acceptors (Lipinski definition) is 6. The molecule has 0 aliphatic carbocycles. The van der Waals surface area contributed by atoms with E-state index in [4.69, 9.17) is 0 Å². The van der Waals surface area contributed by atoms with E-state index in [-0.39, 0.29) is 43.1 Å². The highest BCUT2D eigenvalue weighted by Crippen LogP contribution is 2.19. The average Bonchev–Trinajstić information content (AvgIpc) is 2.89. The third-order valence-electron chi connectivity index (χ3n) is 6.49. The van der Waals surface area contributed by atoms with Gasteiger partial charge in [-0.25, -0.2) is 17.2 Å². The molecule has 15 heteroatoms. The van der Waals surface area contributed by atoms with Gasteiger partial charge in [0.1, 0.15) is 24.1 Å². The van der Waals surface area contributed by atoms with Crippen LogP contribution in [0.3, 0.4) is 0 Å². The highest BCUT2D eigenvalue weighted by atomic mass is 35.5. The normalized spacial score (nSPS) is 13.8. The summed E-state index contributed by atoms with van der Waals surface area (Å²) in [6, 6.07) is 7.05. The van der Waals surface area contributed by atoms with Crippen LogP contribution in [0.5, 0.6) is 0 Å². The second kappa shape index (κ2) is 18.2. The zero-order chi connectivity index (χ0) is 32.2. The molecule has 2 rings (SSSR count). The highest BCUT2D eigenvalue weighted by molar-refractivity contribution is 7.91. The largest absolute Gasteiger partial charge is 0.397 e. The van der Waals surface area contributed by atoms with Crippen molar-refractivity contribution >= 4 is 34.1 Å². The van der Waals surface area contributed by atoms with Crippen LogP contribution in [0.2, 0.25) is 0 Å². The van der Waals surface area contributed by atoms with Gasteiger partial charge in [-0.15, -0.1) is 12.4 Å². The smallest absolute Gasteiger partial charge is 0.390 e. The topological polar surface area (TPSA) is 125 Å². The van der Waals surface area contributed by atoms with Crippen molar-refractivity contribution in [2.75, 3.05) is 18.1 Å². The lowest BCUT2D eigenvalue weighted by Crippen LogP contribution is -2.57. The number of sulfone groups is 1. The molecule has 0 unspecified atom stereocenters. The summed E-state index contributed by atoms with van der Waals surface area (Å²) in [6.07, 6.45) is -7.03. The van der Waals surface area contributed by atoms with Crippen molar-refractivity contribution in [1.29, 1.82) is 0 Å². The predicted octanol–water partition coefficient (Wildman–Crippen LogP) is 3.78. The number of halogens is 6. The standard InChI is InChI=1S/C29H38F5N3O5S.ClH/c1-3-5-9-43(41,42)18-25(36-27(39)15-29(32,33)34)28(40)37-24(13-21-11-22(30)14-23(31)12-21)26(38)17-35-16-20-8-6-7-19(4-2)10-20;/h6-8,10-12,14,24-26,35,38H,3-5,9,13,15-18H2,1-2H3,(H,36,39)(H,37,40);1H/t24-,25+,26+;/m0./s1. The van der Waals surface area contributed by atoms with E-state index in [2.05, 4.69) is 10.6 Å². The molecule has 0 aliphatic rings. The Kier molecular flexibility index (Phi) is 16.2. The molecule has 44 heavy (non-hydrogen) atoms. The summed E-state index contributed by atoms with van der Waals surface area (Å²) >= 11 is 0. The lowest BCUT2D eigenvalue weighted by Gasteiger charge is -2.27. The Balaban J connectivity index is 0.00000968. The zero-order valence-corrected chi connectivity index (χ0v) is 26.1. The lowest BCUT2D eigenvalue weighted by molar-refractivity contribution is -0.155. The number of amides is 2. The highest BCUT2D eigenvalue weighted by Gasteiger charge is 2.35. The number of benzene rings is 2. The summed E-state index contributed by atoms with van der Waals surface area (Å²) in [5, 5.41) is 18.2. The summed E-state index contributed by atoms with van der Waals surface area (Å²) in [5.41, 5.74) is 2.04. The monoisotopic (exact) mass is 671 g/mol. The van der Waals surface area contributed by atoms with Gasteiger partial charge in [-0.2, -0.15) is 13.2 Å². The Labute approximate surface area is 260 Å². The van der Waals surface area contributed by atoms with Gasteiger partial charge in [-0.3, -0.25) is 9.59 Å². The molecule has 0 heterocycles. The summed E-state index contributed by atoms with van der Waals surface area (Å²) in [6.45, 7) is 3.91. The maximum Gasteiger partial charge on any atom is 0.397 e. The maximum atomic E-state index is 13.9. The van der Waals surface area contributed by atoms with Gasteiger partial charge in [0, 0.05) is 19.2 Å². The molecule has 0 aliphatic heterocycles. The first-order valence-electron chi connectivity index (χ1n) is 13.9. The molecule has 4 N–H and O–H groups in total. The number of nitrogens with one attached hydrogen (secondary N) is 3. The molecule has 2 aromatic carbocycles. The van der Waals surface area contributed by atoms with E-state index in [1.54, 1.807) is 6.92 Å². The molecule has 0 bridgehead atoms. The molecule has 248 valence electrons. The third-order valence-corrected chi connectivity index (χ3v) is 8.25. The minimum absolute atomic E-state index is 0. The Morgan fingerprint density at radius 1 is 0.955 bits per heavy atom. The summed E-state index contributed by atoms with van der Waals surface area (Å²) < 4.78 is 91.3. The molecule has 2 aromatic rings. The minimum Gasteiger partial charge on any atom is -0.390 e. The van der Waals surface area contributed by atoms with E-state index < -0.39 is 69.8 Å². The van der Waals surface area contributed by atoms with Gasteiger partial charge in [-0.05, 0) is 48.1 Å². The van der Waals surface area contributed by atoms with Crippen LogP contribution in [0.4, 0.5) is 22.0 Å². The Hall–Kier alpha value is -2.81. The molecular formula is C29H39ClF5N3O5S. The minimum atomic E-state index is -4.91. The SMILES string of the molecule is CCCCS(=O)(=O)C[C@@H](NC(=O)CC(F)(F)F)C(=O)N[C@@H](Cc1cc(F)cc(F)c1)[C@H](O)CNCc1cccc(CC)c1.Cl. The van der Waals surface area contributed by atoms with Gasteiger partial charge >= 0.3 is 6.18 Å². The number of carbonyl (C=O) groups is 2. The summed E-state index contributed by atoms with van der Waals surface area (Å²) in [4.78, 5) is 25.3. The Morgan fingerprint density at radius 3 is 2.18 bits per heavy atom. The number of hydrogen-bond donors (Lipinski definition) is 4. The summed E-state index contributed by atoms with van der Waals surface area (Å²) in [5.74, 6) is -5.96. The van der Waals surface area contributed by atoms with Crippen LogP contribution in [0, 0.1) is 11.6 Å². The van der Waals surface area contributed by atoms with Crippen LogP contribution in [-0.4, -0.2) is 67.8 Å². The van der Waals surface area contributed by atoms with Gasteiger partial charge < -0.3 is 21.1 Å². The van der Waals surface area contributed by atoms with Crippen molar-refractivity contribution in [3.05, 3.63) is 70.8 Å². The Morgan fingerprint density at radius 2 is 1.59 bits per heavy atom. The molecule has 0 spiro atoms. The molecule has 8 nitrogen and oxygen atoms in total. The van der Waals surface area contributed by atoms with Crippen molar-refractivity contribution < 1.29 is 45.1 Å². The number of alkyl halides is 3. The van der Waals surface area contributed by atoms with Crippen molar-refractivity contribution in [3.63, 3.8) is 0 Å². The number of unbranched alkanes of at least 4 members (excludes halogenated alkanes) is 1. The lowest BCUT2D eigenvalue weighted by atomic mass is 10.00. The number of rotatable bonds is 17. The first-order valence-corrected chi connectivity index (χ1v) is 15.7. The second-order valence-corrected chi connectivity index (χ2v) is 12.6. The number of aryl methyl sites for hydroxylation is 1. The average molecular weight is 672 g/mol. The first kappa shape index (κ1) is 39.2. The predicted molar refractivity (Wildman–Crippen MR) is 159 cm³/mol. The van der Waals surface area contributed by atoms with E-state index in [1.807, 2.05) is 36.5 Å². The van der Waals surface area contributed by atoms with E-state index in [0.717, 1.165) is 29.7 Å². The Bertz CT molecular complexity index is 1310. The molecule has 3 atom stereocenters. The first-order chi connectivity index (χ1) is 20.1. The van der Waals surface area contributed by atoms with Crippen molar-refractivity contribution in [2.24, 2.45) is 0 Å². The molecule has 0 aromatic heterocycles. The van der Waals surface area contributed by atoms with Gasteiger partial charge in [0.2, 0.25) is 11.8 Å². The van der Waals surface area contributed by atoms with E-state index in [0.29, 0.717) is 19.0 Å². The molecular weight excluding hydrogens is 633 g/mol. The number of carbonyl (C=O) groups excluding carboxylic acids is 2. The number of aliphatic hydroxyl groups excluding tert-OH is 1. The molecule has 0 saturated carbocycles. The second-order valence-electron chi connectivity index (χ2n) is 10.3. The molecule has 0 radical (unpaired) electrons. The van der Waals surface area contributed by atoms with Gasteiger partial charge in [-0.1, -0.05) is 44.5 Å². The van der Waals surface area contributed by atoms with E-state index >= 15 is 0 Å². The number of aliphatic hydroxyl groups is 1. The van der Waals surface area contributed by atoms with Crippen LogP contribution in [0.25, 0.3) is 0 Å². The molecule has 0 fully saturated rings. The fourth-order valence-electron chi connectivity index (χ4n) is 4.33.